The Balaban J connectivity index is 1.33. The quantitative estimate of drug-likeness (QED) is 0.0437. The number of esters is 2. The van der Waals surface area contributed by atoms with Gasteiger partial charge >= 0.3 is 22.1 Å². The predicted molar refractivity (Wildman–Crippen MR) is 213 cm³/mol. The highest BCUT2D eigenvalue weighted by Crippen LogP contribution is 2.38. The highest BCUT2D eigenvalue weighted by molar-refractivity contribution is 7.87. The first-order valence-corrected chi connectivity index (χ1v) is 21.4. The molecule has 59 heavy (non-hydrogen) atoms. The Labute approximate surface area is 345 Å². The van der Waals surface area contributed by atoms with Gasteiger partial charge in [-0.05, 0) is 51.0 Å². The Hall–Kier alpha value is -6.25. The number of carbonyl (C=O) groups is 5. The van der Waals surface area contributed by atoms with E-state index in [9.17, 15) is 36.6 Å². The molecule has 1 aromatic heterocycles. The lowest BCUT2D eigenvalue weighted by atomic mass is 10.0. The average molecular weight is 864 g/mol. The van der Waals surface area contributed by atoms with Crippen LogP contribution in [-0.4, -0.2) is 87.8 Å². The second-order valence-electron chi connectivity index (χ2n) is 13.9. The van der Waals surface area contributed by atoms with Gasteiger partial charge in [0.15, 0.2) is 28.4 Å². The molecule has 0 aliphatic carbocycles. The number of benzene rings is 3. The molecule has 3 amide bonds. The second kappa shape index (κ2) is 17.7. The van der Waals surface area contributed by atoms with Crippen LogP contribution in [0.5, 0.6) is 0 Å². The molecular formula is C39H37N5O12S3. The molecule has 2 unspecified atom stereocenters. The van der Waals surface area contributed by atoms with Crippen LogP contribution in [0.15, 0.2) is 112 Å². The zero-order valence-electron chi connectivity index (χ0n) is 31.8. The van der Waals surface area contributed by atoms with Gasteiger partial charge in [0.2, 0.25) is 13.0 Å². The number of amides is 3. The van der Waals surface area contributed by atoms with Crippen LogP contribution in [-0.2, 0) is 63.4 Å². The van der Waals surface area contributed by atoms with Crippen LogP contribution < -0.4 is 10.6 Å². The third kappa shape index (κ3) is 9.90. The molecule has 0 saturated carbocycles. The molecule has 0 radical (unpaired) electrons. The van der Waals surface area contributed by atoms with E-state index in [1.165, 1.54) is 29.6 Å². The molecule has 0 bridgehead atoms. The van der Waals surface area contributed by atoms with Gasteiger partial charge in [0.05, 0.1) is 16.6 Å². The van der Waals surface area contributed by atoms with Crippen LogP contribution in [0.2, 0.25) is 0 Å². The van der Waals surface area contributed by atoms with E-state index in [2.05, 4.69) is 20.8 Å². The van der Waals surface area contributed by atoms with Crippen molar-refractivity contribution in [3.63, 3.8) is 0 Å². The minimum Gasteiger partial charge on any atom is -0.457 e. The summed E-state index contributed by atoms with van der Waals surface area (Å²) in [6.45, 7) is 5.96. The Morgan fingerprint density at radius 2 is 1.64 bits per heavy atom. The van der Waals surface area contributed by atoms with E-state index in [1.54, 1.807) is 88.4 Å². The summed E-state index contributed by atoms with van der Waals surface area (Å²) in [7, 11) is -6.82. The summed E-state index contributed by atoms with van der Waals surface area (Å²) in [5.74, 6) is -5.31. The van der Waals surface area contributed by atoms with E-state index in [4.69, 9.17) is 18.5 Å². The number of rotatable bonds is 15. The van der Waals surface area contributed by atoms with Crippen molar-refractivity contribution in [3.8, 4) is 0 Å². The number of fused-ring (bicyclic) bond motifs is 1. The predicted octanol–water partition coefficient (Wildman–Crippen LogP) is 3.45. The smallest absolute Gasteiger partial charge is 0.359 e. The Morgan fingerprint density at radius 1 is 1.02 bits per heavy atom. The van der Waals surface area contributed by atoms with Gasteiger partial charge in [-0.15, -0.1) is 11.3 Å². The van der Waals surface area contributed by atoms with Crippen LogP contribution in [0.1, 0.15) is 49.3 Å². The first kappa shape index (κ1) is 42.4. The number of anilines is 1. The molecule has 308 valence electrons. The number of hydrogen-bond donors (Lipinski definition) is 2. The number of β-lactam (4-membered cyclic amide) rings is 1. The van der Waals surface area contributed by atoms with E-state index in [-0.39, 0.29) is 15.7 Å². The SMILES string of the molecule is Cc1ccc(S(=O)(=O)OC2=C(C(=O)OC(c3ccccc3)c3ccccc3)N3C(=O)C(NC(=O)C(=NOCC(=O)OC(C)(C)C)c4csc(NC=O)n4)[C@H]3S(=O)C2)cc1. The Kier molecular flexibility index (Phi) is 12.7. The van der Waals surface area contributed by atoms with Crippen molar-refractivity contribution in [2.45, 2.75) is 55.7 Å². The van der Waals surface area contributed by atoms with Gasteiger partial charge in [-0.3, -0.25) is 23.5 Å². The van der Waals surface area contributed by atoms with Crippen LogP contribution in [0, 0.1) is 6.92 Å². The van der Waals surface area contributed by atoms with E-state index >= 15 is 0 Å². The van der Waals surface area contributed by atoms with Crippen molar-refractivity contribution in [2.24, 2.45) is 5.16 Å². The summed E-state index contributed by atoms with van der Waals surface area (Å²) < 4.78 is 57.7. The van der Waals surface area contributed by atoms with Crippen molar-refractivity contribution in [2.75, 3.05) is 17.7 Å². The van der Waals surface area contributed by atoms with Crippen LogP contribution in [0.3, 0.4) is 0 Å². The van der Waals surface area contributed by atoms with Gasteiger partial charge in [-0.1, -0.05) is 83.5 Å². The lowest BCUT2D eigenvalue weighted by molar-refractivity contribution is -0.160. The summed E-state index contributed by atoms with van der Waals surface area (Å²) in [4.78, 5) is 75.3. The lowest BCUT2D eigenvalue weighted by Crippen LogP contribution is -2.74. The summed E-state index contributed by atoms with van der Waals surface area (Å²) >= 11 is 0.928. The summed E-state index contributed by atoms with van der Waals surface area (Å²) in [5.41, 5.74) is -0.272. The molecule has 4 aromatic rings. The minimum absolute atomic E-state index is 0.0765. The zero-order chi connectivity index (χ0) is 42.5. The number of thiazole rings is 1. The van der Waals surface area contributed by atoms with Crippen molar-refractivity contribution >= 4 is 73.3 Å². The average Bonchev–Trinajstić information content (AvgIpc) is 3.65. The number of aryl methyl sites for hydroxylation is 1. The standard InChI is InChI=1S/C39H37N5O12S3/c1-23-15-17-26(18-16-23)59(51,52)56-28-21-58(50)36-31(42-34(47)30(27-20-57-38(41-27)40-22-45)43-53-19-29(46)55-39(2,3)4)35(48)44(36)32(28)37(49)54-33(24-11-7-5-8-12-24)25-13-9-6-10-14-25/h5-18,20,22,31,33,36H,19,21H2,1-4H3,(H,42,47)(H,40,41,45)/t31?,36-,58?/m1/s1. The zero-order valence-corrected chi connectivity index (χ0v) is 34.3. The molecule has 6 rings (SSSR count). The minimum atomic E-state index is -4.64. The van der Waals surface area contributed by atoms with Gasteiger partial charge < -0.3 is 29.1 Å². The molecule has 17 nitrogen and oxygen atoms in total. The first-order valence-electron chi connectivity index (χ1n) is 17.7. The fourth-order valence-corrected chi connectivity index (χ4v) is 9.12. The highest BCUT2D eigenvalue weighted by Gasteiger charge is 2.59. The van der Waals surface area contributed by atoms with Crippen molar-refractivity contribution in [3.05, 3.63) is 124 Å². The summed E-state index contributed by atoms with van der Waals surface area (Å²) in [5, 5.41) is 8.57. The number of ether oxygens (including phenoxy) is 2. The van der Waals surface area contributed by atoms with Gasteiger partial charge in [0, 0.05) is 5.38 Å². The normalized spacial score (nSPS) is 18.0. The fraction of sp³-hybridized carbons (Fsp3) is 0.256. The van der Waals surface area contributed by atoms with Gasteiger partial charge in [-0.25, -0.2) is 14.6 Å². The van der Waals surface area contributed by atoms with Crippen LogP contribution in [0.25, 0.3) is 0 Å². The Morgan fingerprint density at radius 3 is 2.24 bits per heavy atom. The number of carbonyl (C=O) groups excluding carboxylic acids is 5. The molecule has 20 heteroatoms. The van der Waals surface area contributed by atoms with Gasteiger partial charge in [-0.2, -0.15) is 8.42 Å². The molecule has 1 saturated heterocycles. The van der Waals surface area contributed by atoms with Crippen LogP contribution in [0.4, 0.5) is 5.13 Å². The first-order chi connectivity index (χ1) is 28.1. The maximum atomic E-state index is 14.4. The van der Waals surface area contributed by atoms with E-state index in [1.807, 2.05) is 0 Å². The number of nitrogens with zero attached hydrogens (tertiary/aromatic N) is 3. The van der Waals surface area contributed by atoms with Gasteiger partial charge in [0.1, 0.15) is 27.6 Å². The van der Waals surface area contributed by atoms with E-state index < -0.39 is 97.3 Å². The maximum absolute atomic E-state index is 14.4. The number of nitrogens with one attached hydrogen (secondary N) is 2. The van der Waals surface area contributed by atoms with E-state index in [0.717, 1.165) is 21.8 Å². The lowest BCUT2D eigenvalue weighted by Gasteiger charge is -2.48. The number of aromatic nitrogens is 1. The summed E-state index contributed by atoms with van der Waals surface area (Å²) in [6.07, 6.45) is -0.679. The molecule has 0 spiro atoms. The Bertz CT molecular complexity index is 2410. The number of hydrogen-bond acceptors (Lipinski definition) is 15. The molecular weight excluding hydrogens is 827 g/mol. The highest BCUT2D eigenvalue weighted by atomic mass is 32.2. The maximum Gasteiger partial charge on any atom is 0.359 e. The van der Waals surface area contributed by atoms with E-state index in [0.29, 0.717) is 17.5 Å². The molecule has 2 aliphatic heterocycles. The number of oxime groups is 1. The third-order valence-electron chi connectivity index (χ3n) is 8.42. The van der Waals surface area contributed by atoms with Crippen molar-refractivity contribution < 1.29 is 55.1 Å². The fourth-order valence-electron chi connectivity index (χ4n) is 5.86. The third-order valence-corrected chi connectivity index (χ3v) is 12.0. The topological polar surface area (TPSA) is 226 Å². The molecule has 3 heterocycles. The summed E-state index contributed by atoms with van der Waals surface area (Å²) in [6, 6.07) is 21.5. The monoisotopic (exact) mass is 863 g/mol. The molecule has 3 atom stereocenters. The molecule has 2 aliphatic rings. The second-order valence-corrected chi connectivity index (χ2v) is 17.8. The van der Waals surface area contributed by atoms with Crippen molar-refractivity contribution in [1.29, 1.82) is 0 Å². The van der Waals surface area contributed by atoms with Crippen LogP contribution >= 0.6 is 11.3 Å². The van der Waals surface area contributed by atoms with Crippen molar-refractivity contribution in [1.82, 2.24) is 15.2 Å². The largest absolute Gasteiger partial charge is 0.457 e. The molecule has 3 aromatic carbocycles. The van der Waals surface area contributed by atoms with Gasteiger partial charge in [0.25, 0.3) is 11.8 Å². The molecule has 2 N–H and O–H groups in total. The molecule has 1 fully saturated rings.